The molecule has 1 aliphatic rings. The first-order valence-electron chi connectivity index (χ1n) is 6.03. The number of carbonyl (C=O) groups excluding carboxylic acids is 1. The minimum absolute atomic E-state index is 0.230. The lowest BCUT2D eigenvalue weighted by Gasteiger charge is -2.25. The van der Waals surface area contributed by atoms with Crippen molar-refractivity contribution in [2.45, 2.75) is 32.0 Å². The van der Waals surface area contributed by atoms with Crippen LogP contribution in [-0.4, -0.2) is 36.6 Å². The molecule has 2 heterocycles. The second-order valence-electron chi connectivity index (χ2n) is 4.59. The van der Waals surface area contributed by atoms with Gasteiger partial charge in [-0.2, -0.15) is 0 Å². The van der Waals surface area contributed by atoms with Crippen molar-refractivity contribution in [2.24, 2.45) is 5.84 Å². The summed E-state index contributed by atoms with van der Waals surface area (Å²) in [6, 6.07) is 4.25. The zero-order valence-electron chi connectivity index (χ0n) is 10.7. The van der Waals surface area contributed by atoms with Gasteiger partial charge in [0.05, 0.1) is 11.0 Å². The van der Waals surface area contributed by atoms with Crippen LogP contribution < -0.4 is 11.3 Å². The molecular weight excluding hydrogens is 250 g/mol. The highest BCUT2D eigenvalue weighted by Gasteiger charge is 2.27. The number of likely N-dealkylation sites (N-methyl/N-ethyl adjacent to an activating group) is 1. The molecular formula is C12H19N3O2S. The molecule has 1 aliphatic heterocycles. The van der Waals surface area contributed by atoms with Gasteiger partial charge < -0.3 is 4.74 Å². The standard InChI is InChI=1S/C12H19N3O2S/c1-8-10(5-6-17-8)15(2)7-9-3-4-11(18-9)12(16)14-13/h3-4,8,10H,5-7,13H2,1-2H3,(H,14,16). The van der Waals surface area contributed by atoms with Crippen LogP contribution in [0, 0.1) is 0 Å². The van der Waals surface area contributed by atoms with Crippen LogP contribution in [0.4, 0.5) is 0 Å². The third-order valence-electron chi connectivity index (χ3n) is 3.32. The zero-order chi connectivity index (χ0) is 13.1. The van der Waals surface area contributed by atoms with E-state index in [1.54, 1.807) is 0 Å². The number of thiophene rings is 1. The minimum atomic E-state index is -0.230. The van der Waals surface area contributed by atoms with Crippen LogP contribution in [0.1, 0.15) is 27.9 Å². The Morgan fingerprint density at radius 2 is 2.44 bits per heavy atom. The van der Waals surface area contributed by atoms with E-state index in [4.69, 9.17) is 10.6 Å². The summed E-state index contributed by atoms with van der Waals surface area (Å²) in [5.41, 5.74) is 2.15. The molecule has 1 aromatic rings. The molecule has 0 bridgehead atoms. The van der Waals surface area contributed by atoms with Crippen molar-refractivity contribution in [3.63, 3.8) is 0 Å². The number of hydrogen-bond acceptors (Lipinski definition) is 5. The summed E-state index contributed by atoms with van der Waals surface area (Å²) in [7, 11) is 2.10. The number of rotatable bonds is 4. The molecule has 0 saturated carbocycles. The smallest absolute Gasteiger partial charge is 0.275 e. The van der Waals surface area contributed by atoms with Gasteiger partial charge >= 0.3 is 0 Å². The van der Waals surface area contributed by atoms with Gasteiger partial charge in [-0.1, -0.05) is 0 Å². The molecule has 6 heteroatoms. The normalized spacial score (nSPS) is 23.6. The number of hydrogen-bond donors (Lipinski definition) is 2. The summed E-state index contributed by atoms with van der Waals surface area (Å²) in [5.74, 6) is 4.88. The lowest BCUT2D eigenvalue weighted by atomic mass is 10.1. The Bertz CT molecular complexity index is 421. The molecule has 0 spiro atoms. The molecule has 3 N–H and O–H groups in total. The number of amides is 1. The van der Waals surface area contributed by atoms with Crippen molar-refractivity contribution < 1.29 is 9.53 Å². The summed E-state index contributed by atoms with van der Waals surface area (Å²) in [6.07, 6.45) is 1.35. The molecule has 5 nitrogen and oxygen atoms in total. The van der Waals surface area contributed by atoms with Crippen LogP contribution in [0.5, 0.6) is 0 Å². The molecule has 2 atom stereocenters. The number of nitrogen functional groups attached to an aromatic ring is 1. The molecule has 2 unspecified atom stereocenters. The predicted octanol–water partition coefficient (Wildman–Crippen LogP) is 0.961. The fourth-order valence-electron chi connectivity index (χ4n) is 2.32. The van der Waals surface area contributed by atoms with Crippen molar-refractivity contribution in [3.8, 4) is 0 Å². The number of nitrogens with two attached hydrogens (primary N) is 1. The van der Waals surface area contributed by atoms with Crippen molar-refractivity contribution in [2.75, 3.05) is 13.7 Å². The van der Waals surface area contributed by atoms with E-state index in [2.05, 4.69) is 24.3 Å². The van der Waals surface area contributed by atoms with E-state index in [9.17, 15) is 4.79 Å². The van der Waals surface area contributed by atoms with E-state index < -0.39 is 0 Å². The van der Waals surface area contributed by atoms with Gasteiger partial charge in [-0.25, -0.2) is 5.84 Å². The molecule has 1 amide bonds. The quantitative estimate of drug-likeness (QED) is 0.485. The monoisotopic (exact) mass is 269 g/mol. The van der Waals surface area contributed by atoms with Crippen molar-refractivity contribution >= 4 is 17.2 Å². The van der Waals surface area contributed by atoms with Gasteiger partial charge in [0.2, 0.25) is 0 Å². The molecule has 2 rings (SSSR count). The maximum Gasteiger partial charge on any atom is 0.275 e. The number of carbonyl (C=O) groups is 1. The SMILES string of the molecule is CC1OCCC1N(C)Cc1ccc(C(=O)NN)s1. The molecule has 1 fully saturated rings. The Morgan fingerprint density at radius 3 is 3.06 bits per heavy atom. The largest absolute Gasteiger partial charge is 0.377 e. The average Bonchev–Trinajstić information content (AvgIpc) is 2.97. The number of hydrazine groups is 1. The Morgan fingerprint density at radius 1 is 1.67 bits per heavy atom. The topological polar surface area (TPSA) is 67.6 Å². The fraction of sp³-hybridized carbons (Fsp3) is 0.583. The Kier molecular flexibility index (Phi) is 4.34. The number of ether oxygens (including phenoxy) is 1. The molecule has 0 aliphatic carbocycles. The van der Waals surface area contributed by atoms with Crippen LogP contribution in [0.25, 0.3) is 0 Å². The van der Waals surface area contributed by atoms with Gasteiger partial charge in [-0.3, -0.25) is 15.1 Å². The molecule has 0 radical (unpaired) electrons. The molecule has 1 saturated heterocycles. The van der Waals surface area contributed by atoms with Crippen molar-refractivity contribution in [1.29, 1.82) is 0 Å². The second kappa shape index (κ2) is 5.79. The minimum Gasteiger partial charge on any atom is -0.377 e. The van der Waals surface area contributed by atoms with Gasteiger partial charge in [0.25, 0.3) is 5.91 Å². The van der Waals surface area contributed by atoms with Crippen LogP contribution in [0.2, 0.25) is 0 Å². The zero-order valence-corrected chi connectivity index (χ0v) is 11.5. The maximum absolute atomic E-state index is 11.4. The third-order valence-corrected chi connectivity index (χ3v) is 4.39. The van der Waals surface area contributed by atoms with E-state index in [1.807, 2.05) is 12.1 Å². The fourth-order valence-corrected chi connectivity index (χ4v) is 3.29. The molecule has 18 heavy (non-hydrogen) atoms. The Hall–Kier alpha value is -0.950. The van der Waals surface area contributed by atoms with E-state index in [0.717, 1.165) is 24.4 Å². The third kappa shape index (κ3) is 2.89. The summed E-state index contributed by atoms with van der Waals surface area (Å²) in [6.45, 7) is 3.78. The summed E-state index contributed by atoms with van der Waals surface area (Å²) < 4.78 is 5.57. The Labute approximate surface area is 111 Å². The van der Waals surface area contributed by atoms with E-state index in [1.165, 1.54) is 11.3 Å². The van der Waals surface area contributed by atoms with E-state index in [-0.39, 0.29) is 12.0 Å². The summed E-state index contributed by atoms with van der Waals surface area (Å²) in [5, 5.41) is 0. The first kappa shape index (κ1) is 13.5. The first-order valence-corrected chi connectivity index (χ1v) is 6.85. The predicted molar refractivity (Wildman–Crippen MR) is 71.3 cm³/mol. The van der Waals surface area contributed by atoms with Crippen LogP contribution in [0.3, 0.4) is 0 Å². The molecule has 0 aromatic carbocycles. The Balaban J connectivity index is 1.96. The van der Waals surface area contributed by atoms with Gasteiger partial charge in [-0.15, -0.1) is 11.3 Å². The van der Waals surface area contributed by atoms with Crippen molar-refractivity contribution in [1.82, 2.24) is 10.3 Å². The van der Waals surface area contributed by atoms with Crippen LogP contribution >= 0.6 is 11.3 Å². The van der Waals surface area contributed by atoms with Gasteiger partial charge in [0.15, 0.2) is 0 Å². The van der Waals surface area contributed by atoms with E-state index in [0.29, 0.717) is 10.9 Å². The number of nitrogens with zero attached hydrogens (tertiary/aromatic N) is 1. The van der Waals surface area contributed by atoms with Gasteiger partial charge in [-0.05, 0) is 32.5 Å². The van der Waals surface area contributed by atoms with Crippen LogP contribution in [-0.2, 0) is 11.3 Å². The van der Waals surface area contributed by atoms with Gasteiger partial charge in [0.1, 0.15) is 0 Å². The van der Waals surface area contributed by atoms with Crippen LogP contribution in [0.15, 0.2) is 12.1 Å². The van der Waals surface area contributed by atoms with E-state index >= 15 is 0 Å². The second-order valence-corrected chi connectivity index (χ2v) is 5.75. The van der Waals surface area contributed by atoms with Crippen molar-refractivity contribution in [3.05, 3.63) is 21.9 Å². The average molecular weight is 269 g/mol. The lowest BCUT2D eigenvalue weighted by molar-refractivity contribution is 0.0817. The lowest BCUT2D eigenvalue weighted by Crippen LogP contribution is -2.35. The summed E-state index contributed by atoms with van der Waals surface area (Å²) in [4.78, 5) is 15.5. The number of nitrogens with one attached hydrogen (secondary N) is 1. The first-order chi connectivity index (χ1) is 8.61. The highest BCUT2D eigenvalue weighted by atomic mass is 32.1. The highest BCUT2D eigenvalue weighted by Crippen LogP contribution is 2.23. The highest BCUT2D eigenvalue weighted by molar-refractivity contribution is 7.14. The van der Waals surface area contributed by atoms with Gasteiger partial charge in [0, 0.05) is 24.1 Å². The molecule has 1 aromatic heterocycles. The maximum atomic E-state index is 11.4. The summed E-state index contributed by atoms with van der Waals surface area (Å²) >= 11 is 1.48. The molecule has 100 valence electrons.